The Morgan fingerprint density at radius 3 is 2.10 bits per heavy atom. The summed E-state index contributed by atoms with van der Waals surface area (Å²) in [5.74, 6) is -1.88. The lowest BCUT2D eigenvalue weighted by Crippen LogP contribution is -2.29. The molecule has 0 radical (unpaired) electrons. The van der Waals surface area contributed by atoms with E-state index in [1.165, 1.54) is 12.5 Å². The molecule has 1 amide bonds. The zero-order chi connectivity index (χ0) is 24.9. The lowest BCUT2D eigenvalue weighted by molar-refractivity contribution is -0.114. The molecule has 174 valence electrons. The number of amides is 1. The van der Waals surface area contributed by atoms with Gasteiger partial charge in [0.2, 0.25) is 0 Å². The number of allylic oxidation sites excluding steroid dienone is 2. The van der Waals surface area contributed by atoms with Crippen LogP contribution in [-0.2, 0) is 4.79 Å². The number of carbonyl (C=O) groups excluding carboxylic acids is 1. The maximum atomic E-state index is 11.6. The Hall–Kier alpha value is -2.31. The maximum Gasteiger partial charge on any atom is 0.256 e. The Morgan fingerprint density at radius 2 is 1.74 bits per heavy atom. The molecule has 0 heterocycles. The van der Waals surface area contributed by atoms with Gasteiger partial charge in [-0.25, -0.2) is 4.99 Å². The highest BCUT2D eigenvalue weighted by molar-refractivity contribution is 7.79. The quantitative estimate of drug-likeness (QED) is 0.0736. The Balaban J connectivity index is 0. The number of nitrogens with two attached hydrogens (primary N) is 3. The predicted octanol–water partition coefficient (Wildman–Crippen LogP) is 4.03. The SMILES string of the molecule is CC(C)=CC(=N)/C(O)=C(\C(N)=O)C(N)=Nc1ccc(N)cc1P.CCC(C)(C)C.CS. The number of rotatable bonds is 5. The van der Waals surface area contributed by atoms with Crippen molar-refractivity contribution >= 4 is 56.0 Å². The monoisotopic (exact) mass is 467 g/mol. The lowest BCUT2D eigenvalue weighted by atomic mass is 9.94. The Labute approximate surface area is 194 Å². The van der Waals surface area contributed by atoms with Gasteiger partial charge in [-0.1, -0.05) is 39.7 Å². The summed E-state index contributed by atoms with van der Waals surface area (Å²) < 4.78 is 0. The van der Waals surface area contributed by atoms with Crippen molar-refractivity contribution in [3.05, 3.63) is 41.2 Å². The van der Waals surface area contributed by atoms with Crippen molar-refractivity contribution in [3.8, 4) is 0 Å². The second-order valence-electron chi connectivity index (χ2n) is 7.95. The zero-order valence-electron chi connectivity index (χ0n) is 19.6. The number of anilines is 1. The number of amidine groups is 1. The molecular formula is C22H38N5O2PS. The first-order valence-electron chi connectivity index (χ1n) is 9.60. The van der Waals surface area contributed by atoms with Gasteiger partial charge in [0, 0.05) is 5.69 Å². The summed E-state index contributed by atoms with van der Waals surface area (Å²) in [5, 5.41) is 18.5. The van der Waals surface area contributed by atoms with Crippen molar-refractivity contribution < 1.29 is 9.90 Å². The number of nitrogen functional groups attached to an aromatic ring is 1. The highest BCUT2D eigenvalue weighted by atomic mass is 32.1. The van der Waals surface area contributed by atoms with Gasteiger partial charge in [-0.15, -0.1) is 9.24 Å². The number of primary amides is 1. The molecule has 0 aliphatic carbocycles. The number of hydrogen-bond acceptors (Lipinski definition) is 6. The van der Waals surface area contributed by atoms with Gasteiger partial charge in [0.15, 0.2) is 5.76 Å². The van der Waals surface area contributed by atoms with E-state index < -0.39 is 17.2 Å². The molecule has 0 bridgehead atoms. The molecule has 0 saturated carbocycles. The van der Waals surface area contributed by atoms with Gasteiger partial charge in [0.05, 0.1) is 11.4 Å². The van der Waals surface area contributed by atoms with E-state index >= 15 is 0 Å². The first-order valence-corrected chi connectivity index (χ1v) is 11.1. The highest BCUT2D eigenvalue weighted by Crippen LogP contribution is 2.17. The number of benzene rings is 1. The van der Waals surface area contributed by atoms with E-state index in [2.05, 4.69) is 54.6 Å². The van der Waals surface area contributed by atoms with E-state index in [0.29, 0.717) is 22.1 Å². The van der Waals surface area contributed by atoms with Crippen molar-refractivity contribution in [2.45, 2.75) is 48.0 Å². The third kappa shape index (κ3) is 12.9. The number of nitrogens with one attached hydrogen (secondary N) is 1. The zero-order valence-corrected chi connectivity index (χ0v) is 21.6. The minimum absolute atomic E-state index is 0.277. The van der Waals surface area contributed by atoms with Crippen LogP contribution in [0.15, 0.2) is 46.2 Å². The van der Waals surface area contributed by atoms with Crippen LogP contribution in [-0.4, -0.2) is 28.8 Å². The van der Waals surface area contributed by atoms with Crippen molar-refractivity contribution in [3.63, 3.8) is 0 Å². The molecule has 1 aromatic carbocycles. The summed E-state index contributed by atoms with van der Waals surface area (Å²) in [4.78, 5) is 15.7. The second-order valence-corrected chi connectivity index (χ2v) is 8.57. The van der Waals surface area contributed by atoms with E-state index in [9.17, 15) is 9.90 Å². The molecule has 1 unspecified atom stereocenters. The Kier molecular flexibility index (Phi) is 14.6. The topological polar surface area (TPSA) is 152 Å². The van der Waals surface area contributed by atoms with Gasteiger partial charge in [-0.05, 0) is 55.1 Å². The molecule has 0 aliphatic heterocycles. The average molecular weight is 468 g/mol. The van der Waals surface area contributed by atoms with E-state index in [0.717, 1.165) is 5.57 Å². The van der Waals surface area contributed by atoms with Crippen molar-refractivity contribution in [1.29, 1.82) is 5.41 Å². The minimum atomic E-state index is -0.976. The molecule has 9 heteroatoms. The second kappa shape index (κ2) is 14.7. The minimum Gasteiger partial charge on any atom is -0.505 e. The van der Waals surface area contributed by atoms with Gasteiger partial charge >= 0.3 is 0 Å². The van der Waals surface area contributed by atoms with Crippen LogP contribution in [0, 0.1) is 10.8 Å². The number of hydrogen-bond donors (Lipinski definition) is 6. The fourth-order valence-corrected chi connectivity index (χ4v) is 2.07. The van der Waals surface area contributed by atoms with Crippen LogP contribution < -0.4 is 22.5 Å². The van der Waals surface area contributed by atoms with E-state index in [1.54, 1.807) is 38.3 Å². The third-order valence-electron chi connectivity index (χ3n) is 3.78. The summed E-state index contributed by atoms with van der Waals surface area (Å²) >= 11 is 3.53. The number of nitrogens with zero attached hydrogens (tertiary/aromatic N) is 1. The molecule has 0 aromatic heterocycles. The lowest BCUT2D eigenvalue weighted by Gasteiger charge is -2.12. The molecule has 0 fully saturated rings. The molecular weight excluding hydrogens is 429 g/mol. The molecule has 0 aliphatic rings. The summed E-state index contributed by atoms with van der Waals surface area (Å²) in [6.45, 7) is 12.4. The summed E-state index contributed by atoms with van der Waals surface area (Å²) in [5.41, 5.74) is 18.3. The van der Waals surface area contributed by atoms with E-state index in [4.69, 9.17) is 22.6 Å². The van der Waals surface area contributed by atoms with Gasteiger partial charge in [-0.2, -0.15) is 12.6 Å². The van der Waals surface area contributed by atoms with Crippen LogP contribution in [0.25, 0.3) is 0 Å². The molecule has 1 atom stereocenters. The maximum absolute atomic E-state index is 11.6. The van der Waals surface area contributed by atoms with Crippen LogP contribution in [0.5, 0.6) is 0 Å². The van der Waals surface area contributed by atoms with E-state index in [1.807, 2.05) is 0 Å². The van der Waals surface area contributed by atoms with Crippen LogP contribution >= 0.6 is 21.9 Å². The summed E-state index contributed by atoms with van der Waals surface area (Å²) in [6, 6.07) is 4.90. The van der Waals surface area contributed by atoms with Gasteiger partial charge in [-0.3, -0.25) is 10.2 Å². The smallest absolute Gasteiger partial charge is 0.256 e. The number of carbonyl (C=O) groups is 1. The third-order valence-corrected chi connectivity index (χ3v) is 4.24. The normalized spacial score (nSPS) is 11.7. The Morgan fingerprint density at radius 1 is 1.26 bits per heavy atom. The Bertz CT molecular complexity index is 852. The fraction of sp³-hybridized carbons (Fsp3) is 0.409. The number of thiol groups is 1. The average Bonchev–Trinajstić information content (AvgIpc) is 2.64. The summed E-state index contributed by atoms with van der Waals surface area (Å²) in [6.07, 6.45) is 4.35. The van der Waals surface area contributed by atoms with Crippen LogP contribution in [0.3, 0.4) is 0 Å². The van der Waals surface area contributed by atoms with Gasteiger partial charge < -0.3 is 22.3 Å². The summed E-state index contributed by atoms with van der Waals surface area (Å²) in [7, 11) is 2.44. The molecule has 0 spiro atoms. The standard InChI is InChI=1S/C15H20N5O2P.C6H14.CH4S/c1-7(2)5-9(17)13(21)12(15(19)22)14(18)20-10-4-3-8(16)6-11(10)23;1-5-6(2,3)4;1-2/h3-6,17,21H,16,23H2,1-2H3,(H2,18,20)(H2,19,22);5H2,1-4H3;2H,1H3/b13-12+,17-9?;;. The number of aliphatic hydroxyl groups excluding tert-OH is 1. The molecule has 31 heavy (non-hydrogen) atoms. The predicted molar refractivity (Wildman–Crippen MR) is 142 cm³/mol. The first-order chi connectivity index (χ1) is 14.2. The largest absolute Gasteiger partial charge is 0.505 e. The van der Waals surface area contributed by atoms with Crippen LogP contribution in [0.4, 0.5) is 11.4 Å². The van der Waals surface area contributed by atoms with Crippen molar-refractivity contribution in [1.82, 2.24) is 0 Å². The van der Waals surface area contributed by atoms with Crippen LogP contribution in [0.2, 0.25) is 0 Å². The van der Waals surface area contributed by atoms with Crippen LogP contribution in [0.1, 0.15) is 48.0 Å². The molecule has 8 N–H and O–H groups in total. The molecule has 7 nitrogen and oxygen atoms in total. The van der Waals surface area contributed by atoms with Crippen molar-refractivity contribution in [2.75, 3.05) is 12.0 Å². The first kappa shape index (κ1) is 30.9. The van der Waals surface area contributed by atoms with Crippen molar-refractivity contribution in [2.24, 2.45) is 21.9 Å². The fourth-order valence-electron chi connectivity index (χ4n) is 1.72. The highest BCUT2D eigenvalue weighted by Gasteiger charge is 2.19. The number of aliphatic hydroxyl groups is 1. The van der Waals surface area contributed by atoms with E-state index in [-0.39, 0.29) is 11.5 Å². The van der Waals surface area contributed by atoms with Gasteiger partial charge in [0.1, 0.15) is 11.4 Å². The molecule has 1 rings (SSSR count). The molecule has 1 aromatic rings. The molecule has 0 saturated heterocycles. The number of aliphatic imine (C=N–C) groups is 1. The van der Waals surface area contributed by atoms with Gasteiger partial charge in [0.25, 0.3) is 5.91 Å².